The smallest absolute Gasteiger partial charge is 0.408 e. The Morgan fingerprint density at radius 2 is 1.72 bits per heavy atom. The highest BCUT2D eigenvalue weighted by molar-refractivity contribution is 5.98. The minimum atomic E-state index is -1.48. The molecule has 2 atom stereocenters. The lowest BCUT2D eigenvalue weighted by atomic mass is 9.97. The molecule has 0 fully saturated rings. The van der Waals surface area contributed by atoms with Gasteiger partial charge < -0.3 is 24.9 Å². The number of aliphatic carboxylic acids is 1. The van der Waals surface area contributed by atoms with Gasteiger partial charge in [-0.2, -0.15) is 0 Å². The highest BCUT2D eigenvalue weighted by atomic mass is 16.6. The van der Waals surface area contributed by atoms with Crippen LogP contribution in [0, 0.1) is 0 Å². The van der Waals surface area contributed by atoms with Crippen LogP contribution in [0.1, 0.15) is 30.6 Å². The number of alkyl carbamates (subject to hydrolysis) is 1. The van der Waals surface area contributed by atoms with Crippen LogP contribution in [0.4, 0.5) is 4.79 Å². The minimum absolute atomic E-state index is 0.0590. The van der Waals surface area contributed by atoms with Gasteiger partial charge >= 0.3 is 18.0 Å². The van der Waals surface area contributed by atoms with Crippen LogP contribution >= 0.6 is 0 Å². The molecule has 0 spiro atoms. The van der Waals surface area contributed by atoms with Crippen molar-refractivity contribution < 1.29 is 33.8 Å². The largest absolute Gasteiger partial charge is 0.481 e. The molecule has 1 heterocycles. The number of hydrogen-bond acceptors (Lipinski definition) is 6. The molecule has 2 aromatic carbocycles. The van der Waals surface area contributed by atoms with Crippen LogP contribution in [0.15, 0.2) is 60.8 Å². The Morgan fingerprint density at radius 1 is 1.03 bits per heavy atom. The first-order valence-electron chi connectivity index (χ1n) is 9.81. The molecule has 3 rings (SSSR count). The molecule has 2 unspecified atom stereocenters. The number of rotatable bonds is 9. The molecule has 0 radical (unpaired) electrons. The summed E-state index contributed by atoms with van der Waals surface area (Å²) in [5.74, 6) is -2.83. The average molecular weight is 438 g/mol. The normalized spacial score (nSPS) is 12.5. The first-order valence-corrected chi connectivity index (χ1v) is 9.81. The second kappa shape index (κ2) is 10.3. The molecule has 0 aliphatic rings. The van der Waals surface area contributed by atoms with Gasteiger partial charge in [-0.1, -0.05) is 48.5 Å². The van der Waals surface area contributed by atoms with Gasteiger partial charge in [0.25, 0.3) is 0 Å². The third-order valence-corrected chi connectivity index (χ3v) is 4.67. The summed E-state index contributed by atoms with van der Waals surface area (Å²) < 4.78 is 10.3. The molecule has 0 saturated carbocycles. The Hall–Kier alpha value is -4.14. The zero-order valence-corrected chi connectivity index (χ0v) is 17.2. The lowest BCUT2D eigenvalue weighted by Crippen LogP contribution is -2.45. The van der Waals surface area contributed by atoms with Crippen molar-refractivity contribution in [3.8, 4) is 0 Å². The zero-order chi connectivity index (χ0) is 23.1. The van der Waals surface area contributed by atoms with Crippen molar-refractivity contribution in [1.82, 2.24) is 10.3 Å². The van der Waals surface area contributed by atoms with E-state index in [2.05, 4.69) is 10.3 Å². The fraction of sp³-hybridized carbons (Fsp3) is 0.217. The van der Waals surface area contributed by atoms with E-state index in [1.807, 2.05) is 6.07 Å². The molecule has 1 amide bonds. The van der Waals surface area contributed by atoms with Gasteiger partial charge in [0.1, 0.15) is 12.6 Å². The number of carboxylic acids is 1. The van der Waals surface area contributed by atoms with Crippen LogP contribution in [-0.4, -0.2) is 39.9 Å². The minimum Gasteiger partial charge on any atom is -0.481 e. The van der Waals surface area contributed by atoms with Gasteiger partial charge in [-0.05, 0) is 11.6 Å². The fourth-order valence-electron chi connectivity index (χ4n) is 3.24. The van der Waals surface area contributed by atoms with E-state index in [0.29, 0.717) is 16.5 Å². The van der Waals surface area contributed by atoms with Crippen molar-refractivity contribution in [3.63, 3.8) is 0 Å². The number of carbonyl (C=O) groups is 4. The standard InChI is InChI=1S/C23H22N2O7/c1-14(26)32-22(17-12-24-18-10-6-5-9-16(17)18)21(29)19(11-20(27)28)25-23(30)31-13-15-7-3-2-4-8-15/h2-10,12,19,22,24H,11,13H2,1H3,(H,25,30)(H,27,28). The maximum atomic E-state index is 13.2. The third kappa shape index (κ3) is 5.72. The second-order valence-electron chi connectivity index (χ2n) is 7.04. The number of ketones is 1. The molecule has 9 nitrogen and oxygen atoms in total. The molecule has 166 valence electrons. The summed E-state index contributed by atoms with van der Waals surface area (Å²) in [7, 11) is 0. The van der Waals surface area contributed by atoms with Crippen LogP contribution in [0.2, 0.25) is 0 Å². The van der Waals surface area contributed by atoms with E-state index in [-0.39, 0.29) is 6.61 Å². The van der Waals surface area contributed by atoms with Crippen LogP contribution in [-0.2, 0) is 30.5 Å². The number of nitrogens with one attached hydrogen (secondary N) is 2. The molecular formula is C23H22N2O7. The van der Waals surface area contributed by atoms with E-state index in [0.717, 1.165) is 12.5 Å². The van der Waals surface area contributed by atoms with Crippen molar-refractivity contribution in [2.75, 3.05) is 0 Å². The maximum Gasteiger partial charge on any atom is 0.408 e. The van der Waals surface area contributed by atoms with Crippen molar-refractivity contribution in [3.05, 3.63) is 71.9 Å². The first-order chi connectivity index (χ1) is 15.3. The Balaban J connectivity index is 1.81. The van der Waals surface area contributed by atoms with Crippen molar-refractivity contribution in [2.45, 2.75) is 32.1 Å². The summed E-state index contributed by atoms with van der Waals surface area (Å²) in [6, 6.07) is 14.4. The molecule has 1 aromatic heterocycles. The number of benzene rings is 2. The lowest BCUT2D eigenvalue weighted by Gasteiger charge is -2.22. The van der Waals surface area contributed by atoms with E-state index >= 15 is 0 Å². The van der Waals surface area contributed by atoms with E-state index in [1.54, 1.807) is 48.5 Å². The van der Waals surface area contributed by atoms with E-state index in [4.69, 9.17) is 9.47 Å². The SMILES string of the molecule is CC(=O)OC(C(=O)C(CC(=O)O)NC(=O)OCc1ccccc1)c1c[nH]c2ccccc12. The van der Waals surface area contributed by atoms with Gasteiger partial charge in [0.15, 0.2) is 6.10 Å². The Morgan fingerprint density at radius 3 is 2.41 bits per heavy atom. The monoisotopic (exact) mass is 438 g/mol. The fourth-order valence-corrected chi connectivity index (χ4v) is 3.24. The van der Waals surface area contributed by atoms with Gasteiger partial charge in [-0.3, -0.25) is 14.4 Å². The first kappa shape index (κ1) is 22.5. The zero-order valence-electron chi connectivity index (χ0n) is 17.2. The highest BCUT2D eigenvalue weighted by Crippen LogP contribution is 2.29. The number of H-pyrrole nitrogens is 1. The molecule has 3 aromatic rings. The number of esters is 1. The number of aromatic nitrogens is 1. The number of fused-ring (bicyclic) bond motifs is 1. The van der Waals surface area contributed by atoms with Gasteiger partial charge in [-0.25, -0.2) is 4.79 Å². The summed E-state index contributed by atoms with van der Waals surface area (Å²) in [5.41, 5.74) is 1.79. The van der Waals surface area contributed by atoms with E-state index in [9.17, 15) is 24.3 Å². The summed E-state index contributed by atoms with van der Waals surface area (Å²) >= 11 is 0. The number of para-hydroxylation sites is 1. The molecule has 0 bridgehead atoms. The highest BCUT2D eigenvalue weighted by Gasteiger charge is 2.35. The number of ether oxygens (including phenoxy) is 2. The molecule has 32 heavy (non-hydrogen) atoms. The van der Waals surface area contributed by atoms with E-state index in [1.165, 1.54) is 6.20 Å². The van der Waals surface area contributed by atoms with Crippen LogP contribution < -0.4 is 5.32 Å². The molecular weight excluding hydrogens is 416 g/mol. The quantitative estimate of drug-likeness (QED) is 0.437. The predicted octanol–water partition coefficient (Wildman–Crippen LogP) is 3.11. The number of amides is 1. The van der Waals surface area contributed by atoms with Gasteiger partial charge in [0.05, 0.1) is 6.42 Å². The van der Waals surface area contributed by atoms with E-state index < -0.39 is 42.4 Å². The second-order valence-corrected chi connectivity index (χ2v) is 7.04. The third-order valence-electron chi connectivity index (χ3n) is 4.67. The summed E-state index contributed by atoms with van der Waals surface area (Å²) in [5, 5.41) is 12.2. The van der Waals surface area contributed by atoms with Crippen LogP contribution in [0.25, 0.3) is 10.9 Å². The molecule has 0 aliphatic carbocycles. The molecule has 3 N–H and O–H groups in total. The summed E-state index contributed by atoms with van der Waals surface area (Å²) in [6.07, 6.45) is -1.57. The van der Waals surface area contributed by atoms with Crippen LogP contribution in [0.5, 0.6) is 0 Å². The number of hydrogen-bond donors (Lipinski definition) is 3. The number of Topliss-reactive ketones (excluding diaryl/α,β-unsaturated/α-hetero) is 1. The van der Waals surface area contributed by atoms with Gasteiger partial charge in [-0.15, -0.1) is 0 Å². The Labute approximate surface area is 183 Å². The van der Waals surface area contributed by atoms with Crippen molar-refractivity contribution >= 4 is 34.7 Å². The average Bonchev–Trinajstić information content (AvgIpc) is 3.19. The molecule has 0 saturated heterocycles. The summed E-state index contributed by atoms with van der Waals surface area (Å²) in [4.78, 5) is 51.6. The topological polar surface area (TPSA) is 135 Å². The predicted molar refractivity (Wildman–Crippen MR) is 114 cm³/mol. The Bertz CT molecular complexity index is 1120. The van der Waals surface area contributed by atoms with Crippen molar-refractivity contribution in [1.29, 1.82) is 0 Å². The number of carboxylic acid groups (broad SMARTS) is 1. The van der Waals surface area contributed by atoms with Crippen molar-refractivity contribution in [2.24, 2.45) is 0 Å². The van der Waals surface area contributed by atoms with Crippen LogP contribution in [0.3, 0.4) is 0 Å². The lowest BCUT2D eigenvalue weighted by molar-refractivity contribution is -0.154. The van der Waals surface area contributed by atoms with Gasteiger partial charge in [0, 0.05) is 29.6 Å². The maximum absolute atomic E-state index is 13.2. The molecule has 0 aliphatic heterocycles. The Kier molecular flexibility index (Phi) is 7.22. The van der Waals surface area contributed by atoms with Gasteiger partial charge in [0.2, 0.25) is 5.78 Å². The number of aromatic amines is 1. The molecule has 9 heteroatoms. The number of carbonyl (C=O) groups excluding carboxylic acids is 3. The summed E-state index contributed by atoms with van der Waals surface area (Å²) in [6.45, 7) is 1.08.